The van der Waals surface area contributed by atoms with E-state index in [9.17, 15) is 14.7 Å². The fourth-order valence-electron chi connectivity index (χ4n) is 3.61. The minimum absolute atomic E-state index is 0.103. The Labute approximate surface area is 191 Å². The number of aliphatic hydroxyl groups is 1. The SMILES string of the molecule is COc1ccc(CNC(=O)C[C@@H]2C=C[C@H](NC(=O)c3ccc4c(c3)OCO4)[C@@H](CO)O2)cc1. The van der Waals surface area contributed by atoms with Crippen molar-refractivity contribution in [3.63, 3.8) is 0 Å². The van der Waals surface area contributed by atoms with Crippen LogP contribution in [0.15, 0.2) is 54.6 Å². The topological polar surface area (TPSA) is 115 Å². The average Bonchev–Trinajstić information content (AvgIpc) is 3.32. The number of hydrogen-bond donors (Lipinski definition) is 3. The van der Waals surface area contributed by atoms with E-state index in [0.29, 0.717) is 23.6 Å². The van der Waals surface area contributed by atoms with Crippen LogP contribution in [0.5, 0.6) is 17.2 Å². The highest BCUT2D eigenvalue weighted by Crippen LogP contribution is 2.32. The fourth-order valence-corrected chi connectivity index (χ4v) is 3.61. The van der Waals surface area contributed by atoms with Crippen molar-refractivity contribution >= 4 is 11.8 Å². The molecule has 0 radical (unpaired) electrons. The first kappa shape index (κ1) is 22.6. The molecule has 0 aliphatic carbocycles. The Morgan fingerprint density at radius 1 is 1.09 bits per heavy atom. The molecule has 0 unspecified atom stereocenters. The first-order valence-electron chi connectivity index (χ1n) is 10.6. The van der Waals surface area contributed by atoms with Gasteiger partial charge < -0.3 is 34.7 Å². The highest BCUT2D eigenvalue weighted by atomic mass is 16.7. The number of fused-ring (bicyclic) bond motifs is 1. The first-order chi connectivity index (χ1) is 16.1. The quantitative estimate of drug-likeness (QED) is 0.519. The molecule has 0 spiro atoms. The summed E-state index contributed by atoms with van der Waals surface area (Å²) in [7, 11) is 1.60. The lowest BCUT2D eigenvalue weighted by Crippen LogP contribution is -2.49. The highest BCUT2D eigenvalue weighted by molar-refractivity contribution is 5.95. The molecule has 3 atom stereocenters. The molecule has 0 saturated carbocycles. The van der Waals surface area contributed by atoms with Gasteiger partial charge in [-0.3, -0.25) is 9.59 Å². The van der Waals surface area contributed by atoms with Gasteiger partial charge in [-0.2, -0.15) is 0 Å². The second kappa shape index (κ2) is 10.4. The summed E-state index contributed by atoms with van der Waals surface area (Å²) in [6.07, 6.45) is 2.40. The van der Waals surface area contributed by atoms with Crippen LogP contribution in [-0.4, -0.2) is 55.7 Å². The van der Waals surface area contributed by atoms with Crippen molar-refractivity contribution < 1.29 is 33.6 Å². The summed E-state index contributed by atoms with van der Waals surface area (Å²) < 4.78 is 21.5. The van der Waals surface area contributed by atoms with Gasteiger partial charge in [0.05, 0.1) is 32.3 Å². The monoisotopic (exact) mass is 454 g/mol. The molecule has 174 valence electrons. The number of aliphatic hydroxyl groups excluding tert-OH is 1. The third-order valence-corrected chi connectivity index (χ3v) is 5.43. The molecule has 0 fully saturated rings. The van der Waals surface area contributed by atoms with Crippen LogP contribution in [0.25, 0.3) is 0 Å². The van der Waals surface area contributed by atoms with E-state index < -0.39 is 18.2 Å². The maximum atomic E-state index is 12.6. The second-order valence-corrected chi connectivity index (χ2v) is 7.68. The molecule has 2 aromatic carbocycles. The molecule has 33 heavy (non-hydrogen) atoms. The van der Waals surface area contributed by atoms with Gasteiger partial charge in [0.2, 0.25) is 12.7 Å². The predicted octanol–water partition coefficient (Wildman–Crippen LogP) is 1.54. The summed E-state index contributed by atoms with van der Waals surface area (Å²) in [5.41, 5.74) is 1.35. The summed E-state index contributed by atoms with van der Waals surface area (Å²) in [4.78, 5) is 25.0. The number of rotatable bonds is 8. The fraction of sp³-hybridized carbons (Fsp3) is 0.333. The zero-order chi connectivity index (χ0) is 23.2. The molecule has 9 nitrogen and oxygen atoms in total. The van der Waals surface area contributed by atoms with Gasteiger partial charge in [-0.15, -0.1) is 0 Å². The third-order valence-electron chi connectivity index (χ3n) is 5.43. The summed E-state index contributed by atoms with van der Waals surface area (Å²) in [5.74, 6) is 1.34. The van der Waals surface area contributed by atoms with Crippen molar-refractivity contribution in [2.24, 2.45) is 0 Å². The van der Waals surface area contributed by atoms with Gasteiger partial charge in [-0.25, -0.2) is 0 Å². The molecular formula is C24H26N2O7. The van der Waals surface area contributed by atoms with Crippen LogP contribution in [0.4, 0.5) is 0 Å². The molecule has 0 saturated heterocycles. The maximum Gasteiger partial charge on any atom is 0.251 e. The molecule has 3 N–H and O–H groups in total. The Balaban J connectivity index is 1.29. The lowest BCUT2D eigenvalue weighted by molar-refractivity contribution is -0.125. The van der Waals surface area contributed by atoms with Crippen LogP contribution < -0.4 is 24.8 Å². The van der Waals surface area contributed by atoms with Crippen molar-refractivity contribution in [3.8, 4) is 17.2 Å². The Morgan fingerprint density at radius 3 is 2.64 bits per heavy atom. The Morgan fingerprint density at radius 2 is 1.88 bits per heavy atom. The minimum atomic E-state index is -0.674. The molecular weight excluding hydrogens is 428 g/mol. The summed E-state index contributed by atoms with van der Waals surface area (Å²) in [6, 6.07) is 11.8. The van der Waals surface area contributed by atoms with Gasteiger partial charge in [-0.05, 0) is 35.9 Å². The van der Waals surface area contributed by atoms with E-state index >= 15 is 0 Å². The van der Waals surface area contributed by atoms with Crippen molar-refractivity contribution in [3.05, 3.63) is 65.7 Å². The molecule has 2 amide bonds. The van der Waals surface area contributed by atoms with Crippen LogP contribution in [-0.2, 0) is 16.1 Å². The Bertz CT molecular complexity index is 1020. The van der Waals surface area contributed by atoms with E-state index in [0.717, 1.165) is 11.3 Å². The van der Waals surface area contributed by atoms with Crippen molar-refractivity contribution in [2.75, 3.05) is 20.5 Å². The first-order valence-corrected chi connectivity index (χ1v) is 10.6. The zero-order valence-electron chi connectivity index (χ0n) is 18.2. The molecule has 4 rings (SSSR count). The van der Waals surface area contributed by atoms with Gasteiger partial charge in [0, 0.05) is 12.1 Å². The van der Waals surface area contributed by atoms with E-state index in [1.807, 2.05) is 24.3 Å². The molecule has 0 bridgehead atoms. The summed E-state index contributed by atoms with van der Waals surface area (Å²) >= 11 is 0. The van der Waals surface area contributed by atoms with Crippen molar-refractivity contribution in [2.45, 2.75) is 31.2 Å². The van der Waals surface area contributed by atoms with Gasteiger partial charge in [0.1, 0.15) is 11.9 Å². The van der Waals surface area contributed by atoms with Gasteiger partial charge >= 0.3 is 0 Å². The lowest BCUT2D eigenvalue weighted by Gasteiger charge is -2.31. The molecule has 2 heterocycles. The minimum Gasteiger partial charge on any atom is -0.497 e. The highest BCUT2D eigenvalue weighted by Gasteiger charge is 2.29. The molecule has 2 aliphatic heterocycles. The van der Waals surface area contributed by atoms with Crippen molar-refractivity contribution in [1.29, 1.82) is 0 Å². The molecule has 0 aromatic heterocycles. The van der Waals surface area contributed by atoms with E-state index in [1.54, 1.807) is 37.5 Å². The number of nitrogens with one attached hydrogen (secondary N) is 2. The number of benzene rings is 2. The second-order valence-electron chi connectivity index (χ2n) is 7.68. The normalized spacial score (nSPS) is 20.8. The average molecular weight is 454 g/mol. The van der Waals surface area contributed by atoms with Crippen molar-refractivity contribution in [1.82, 2.24) is 10.6 Å². The summed E-state index contributed by atoms with van der Waals surface area (Å²) in [6.45, 7) is 0.207. The predicted molar refractivity (Wildman–Crippen MR) is 118 cm³/mol. The largest absolute Gasteiger partial charge is 0.497 e. The lowest BCUT2D eigenvalue weighted by atomic mass is 10.0. The smallest absolute Gasteiger partial charge is 0.251 e. The van der Waals surface area contributed by atoms with Crippen LogP contribution in [0.3, 0.4) is 0 Å². The maximum absolute atomic E-state index is 12.6. The van der Waals surface area contributed by atoms with E-state index in [4.69, 9.17) is 18.9 Å². The van der Waals surface area contributed by atoms with E-state index in [2.05, 4.69) is 10.6 Å². The number of methoxy groups -OCH3 is 1. The van der Waals surface area contributed by atoms with Crippen LogP contribution in [0.1, 0.15) is 22.3 Å². The Hall–Kier alpha value is -3.56. The summed E-state index contributed by atoms with van der Waals surface area (Å²) in [5, 5.41) is 15.5. The third kappa shape index (κ3) is 5.63. The number of carbonyl (C=O) groups excluding carboxylic acids is 2. The molecule has 2 aliphatic rings. The van der Waals surface area contributed by atoms with Gasteiger partial charge in [0.25, 0.3) is 5.91 Å². The molecule has 9 heteroatoms. The van der Waals surface area contributed by atoms with E-state index in [1.165, 1.54) is 0 Å². The Kier molecular flexibility index (Phi) is 7.11. The number of ether oxygens (including phenoxy) is 4. The van der Waals surface area contributed by atoms with Crippen LogP contribution in [0.2, 0.25) is 0 Å². The van der Waals surface area contributed by atoms with Crippen LogP contribution in [0, 0.1) is 0 Å². The number of carbonyl (C=O) groups is 2. The van der Waals surface area contributed by atoms with Gasteiger partial charge in [-0.1, -0.05) is 24.3 Å². The van der Waals surface area contributed by atoms with Gasteiger partial charge in [0.15, 0.2) is 11.5 Å². The van der Waals surface area contributed by atoms with Crippen LogP contribution >= 0.6 is 0 Å². The molecule has 2 aromatic rings. The number of hydrogen-bond acceptors (Lipinski definition) is 7. The standard InChI is InChI=1S/C24H26N2O7/c1-30-17-5-2-15(3-6-17)12-25-23(28)11-18-7-8-19(22(13-27)33-18)26-24(29)16-4-9-20-21(10-16)32-14-31-20/h2-10,18-19,22,27H,11-14H2,1H3,(H,25,28)(H,26,29)/t18-,19-,22+/m0/s1. The van der Waals surface area contributed by atoms with E-state index in [-0.39, 0.29) is 31.6 Å². The zero-order valence-corrected chi connectivity index (χ0v) is 18.2. The number of amides is 2.